The number of carbonyl (C=O) groups is 1. The maximum absolute atomic E-state index is 11.3. The van der Waals surface area contributed by atoms with E-state index in [1.54, 1.807) is 6.08 Å². The molecular formula is C12H14ClNO. The number of allylic oxidation sites excluding steroid dienone is 1. The molecule has 1 atom stereocenters. The highest BCUT2D eigenvalue weighted by Crippen LogP contribution is 2.17. The topological polar surface area (TPSA) is 29.1 Å². The summed E-state index contributed by atoms with van der Waals surface area (Å²) in [6, 6.07) is 7.43. The van der Waals surface area contributed by atoms with Gasteiger partial charge in [-0.25, -0.2) is 0 Å². The quantitative estimate of drug-likeness (QED) is 0.784. The van der Waals surface area contributed by atoms with Crippen LogP contribution in [0.4, 0.5) is 0 Å². The third-order valence-electron chi connectivity index (χ3n) is 2.03. The first-order chi connectivity index (χ1) is 7.13. The Morgan fingerprint density at radius 1 is 1.53 bits per heavy atom. The molecule has 80 valence electrons. The van der Waals surface area contributed by atoms with Gasteiger partial charge < -0.3 is 5.32 Å². The van der Waals surface area contributed by atoms with E-state index in [0.29, 0.717) is 5.02 Å². The molecule has 1 rings (SSSR count). The fourth-order valence-electron chi connectivity index (χ4n) is 1.27. The van der Waals surface area contributed by atoms with Crippen molar-refractivity contribution in [3.8, 4) is 0 Å². The number of benzene rings is 1. The van der Waals surface area contributed by atoms with Crippen LogP contribution in [-0.2, 0) is 4.79 Å². The largest absolute Gasteiger partial charge is 0.346 e. The zero-order chi connectivity index (χ0) is 11.3. The maximum Gasteiger partial charge on any atom is 0.244 e. The van der Waals surface area contributed by atoms with Crippen molar-refractivity contribution in [1.82, 2.24) is 5.32 Å². The Morgan fingerprint density at radius 2 is 2.27 bits per heavy atom. The van der Waals surface area contributed by atoms with Crippen molar-refractivity contribution in [2.75, 3.05) is 0 Å². The van der Waals surface area contributed by atoms with Crippen LogP contribution in [-0.4, -0.2) is 5.91 Å². The fourth-order valence-corrected chi connectivity index (χ4v) is 1.47. The highest BCUT2D eigenvalue weighted by atomic mass is 35.5. The predicted molar refractivity (Wildman–Crippen MR) is 62.8 cm³/mol. The average molecular weight is 224 g/mol. The second kappa shape index (κ2) is 5.56. The number of hydrogen-bond acceptors (Lipinski definition) is 1. The van der Waals surface area contributed by atoms with Gasteiger partial charge in [0.2, 0.25) is 5.91 Å². The molecule has 1 unspecified atom stereocenters. The lowest BCUT2D eigenvalue weighted by Crippen LogP contribution is -2.24. The van der Waals surface area contributed by atoms with Gasteiger partial charge in [0.1, 0.15) is 0 Å². The highest BCUT2D eigenvalue weighted by molar-refractivity contribution is 6.30. The Balaban J connectivity index is 2.68. The summed E-state index contributed by atoms with van der Waals surface area (Å²) < 4.78 is 0. The highest BCUT2D eigenvalue weighted by Gasteiger charge is 2.06. The van der Waals surface area contributed by atoms with Crippen molar-refractivity contribution in [2.45, 2.75) is 19.9 Å². The summed E-state index contributed by atoms with van der Waals surface area (Å²) >= 11 is 5.86. The van der Waals surface area contributed by atoms with Gasteiger partial charge in [0.05, 0.1) is 6.04 Å². The second-order valence-corrected chi connectivity index (χ2v) is 3.72. The van der Waals surface area contributed by atoms with Crippen LogP contribution in [0, 0.1) is 0 Å². The van der Waals surface area contributed by atoms with Crippen LogP contribution in [0.5, 0.6) is 0 Å². The summed E-state index contributed by atoms with van der Waals surface area (Å²) in [5, 5.41) is 3.52. The van der Waals surface area contributed by atoms with Crippen LogP contribution in [0.1, 0.15) is 25.5 Å². The molecule has 0 fully saturated rings. The van der Waals surface area contributed by atoms with Gasteiger partial charge in [-0.1, -0.05) is 29.8 Å². The first-order valence-corrected chi connectivity index (χ1v) is 5.20. The zero-order valence-corrected chi connectivity index (χ0v) is 9.58. The van der Waals surface area contributed by atoms with Crippen LogP contribution in [0.2, 0.25) is 5.02 Å². The molecule has 0 bridgehead atoms. The molecule has 0 radical (unpaired) electrons. The van der Waals surface area contributed by atoms with Crippen LogP contribution in [0.25, 0.3) is 0 Å². The van der Waals surface area contributed by atoms with Crippen molar-refractivity contribution in [2.24, 2.45) is 0 Å². The van der Waals surface area contributed by atoms with Crippen LogP contribution in [0.3, 0.4) is 0 Å². The third-order valence-corrected chi connectivity index (χ3v) is 2.26. The van der Waals surface area contributed by atoms with E-state index in [-0.39, 0.29) is 11.9 Å². The Bertz CT molecular complexity index is 374. The van der Waals surface area contributed by atoms with Gasteiger partial charge in [0.15, 0.2) is 0 Å². The van der Waals surface area contributed by atoms with Crippen molar-refractivity contribution in [3.63, 3.8) is 0 Å². The van der Waals surface area contributed by atoms with E-state index >= 15 is 0 Å². The lowest BCUT2D eigenvalue weighted by atomic mass is 10.1. The van der Waals surface area contributed by atoms with Gasteiger partial charge in [-0.05, 0) is 37.6 Å². The molecule has 0 heterocycles. The van der Waals surface area contributed by atoms with E-state index in [0.717, 1.165) is 5.56 Å². The van der Waals surface area contributed by atoms with Crippen molar-refractivity contribution < 1.29 is 4.79 Å². The number of nitrogens with one attached hydrogen (secondary N) is 1. The summed E-state index contributed by atoms with van der Waals surface area (Å²) in [5.41, 5.74) is 1.00. The summed E-state index contributed by atoms with van der Waals surface area (Å²) in [6.07, 6.45) is 3.21. The molecule has 0 spiro atoms. The molecule has 0 aliphatic rings. The Morgan fingerprint density at radius 3 is 2.87 bits per heavy atom. The number of rotatable bonds is 3. The summed E-state index contributed by atoms with van der Waals surface area (Å²) in [4.78, 5) is 11.3. The monoisotopic (exact) mass is 223 g/mol. The number of halogens is 1. The summed E-state index contributed by atoms with van der Waals surface area (Å²) in [7, 11) is 0. The minimum Gasteiger partial charge on any atom is -0.346 e. The summed E-state index contributed by atoms with van der Waals surface area (Å²) in [5.74, 6) is -0.0926. The van der Waals surface area contributed by atoms with E-state index in [2.05, 4.69) is 5.32 Å². The number of amides is 1. The first-order valence-electron chi connectivity index (χ1n) is 4.82. The Hall–Kier alpha value is -1.28. The van der Waals surface area contributed by atoms with Crippen LogP contribution in [0.15, 0.2) is 36.4 Å². The van der Waals surface area contributed by atoms with Crippen LogP contribution >= 0.6 is 11.6 Å². The van der Waals surface area contributed by atoms with Crippen molar-refractivity contribution in [1.29, 1.82) is 0 Å². The smallest absolute Gasteiger partial charge is 0.244 e. The lowest BCUT2D eigenvalue weighted by molar-refractivity contribution is -0.117. The van der Waals surface area contributed by atoms with E-state index in [1.165, 1.54) is 6.08 Å². The normalized spacial score (nSPS) is 12.7. The van der Waals surface area contributed by atoms with Crippen molar-refractivity contribution >= 4 is 17.5 Å². The Kier molecular flexibility index (Phi) is 4.37. The molecule has 0 aliphatic heterocycles. The predicted octanol–water partition coefficient (Wildman–Crippen LogP) is 3.09. The molecule has 1 aromatic rings. The van der Waals surface area contributed by atoms with E-state index in [4.69, 9.17) is 11.6 Å². The molecule has 1 N–H and O–H groups in total. The summed E-state index contributed by atoms with van der Waals surface area (Å²) in [6.45, 7) is 3.73. The van der Waals surface area contributed by atoms with Gasteiger partial charge in [0, 0.05) is 5.02 Å². The molecule has 2 nitrogen and oxygen atoms in total. The van der Waals surface area contributed by atoms with E-state index in [9.17, 15) is 4.79 Å². The Labute approximate surface area is 94.9 Å². The van der Waals surface area contributed by atoms with Gasteiger partial charge in [-0.15, -0.1) is 0 Å². The molecular weight excluding hydrogens is 210 g/mol. The van der Waals surface area contributed by atoms with Crippen molar-refractivity contribution in [3.05, 3.63) is 47.0 Å². The van der Waals surface area contributed by atoms with Gasteiger partial charge in [0.25, 0.3) is 0 Å². The molecule has 15 heavy (non-hydrogen) atoms. The van der Waals surface area contributed by atoms with Gasteiger partial charge >= 0.3 is 0 Å². The number of hydrogen-bond donors (Lipinski definition) is 1. The lowest BCUT2D eigenvalue weighted by Gasteiger charge is -2.12. The molecule has 0 saturated heterocycles. The molecule has 0 aliphatic carbocycles. The van der Waals surface area contributed by atoms with Gasteiger partial charge in [-0.2, -0.15) is 0 Å². The standard InChI is InChI=1S/C12H14ClNO/c1-3-5-12(15)14-9(2)10-6-4-7-11(13)8-10/h3-9H,1-2H3,(H,14,15). The minimum atomic E-state index is -0.0926. The fraction of sp³-hybridized carbons (Fsp3) is 0.250. The first kappa shape index (κ1) is 11.8. The third kappa shape index (κ3) is 3.76. The average Bonchev–Trinajstić information content (AvgIpc) is 2.18. The van der Waals surface area contributed by atoms with Crippen LogP contribution < -0.4 is 5.32 Å². The van der Waals surface area contributed by atoms with Gasteiger partial charge in [-0.3, -0.25) is 4.79 Å². The molecule has 1 aromatic carbocycles. The molecule has 0 aromatic heterocycles. The maximum atomic E-state index is 11.3. The second-order valence-electron chi connectivity index (χ2n) is 3.29. The number of carbonyl (C=O) groups excluding carboxylic acids is 1. The van der Waals surface area contributed by atoms with E-state index in [1.807, 2.05) is 38.1 Å². The zero-order valence-electron chi connectivity index (χ0n) is 8.83. The SMILES string of the molecule is CC=CC(=O)NC(C)c1cccc(Cl)c1. The molecule has 3 heteroatoms. The minimum absolute atomic E-state index is 0.0348. The molecule has 0 saturated carbocycles. The van der Waals surface area contributed by atoms with E-state index < -0.39 is 0 Å². The molecule has 1 amide bonds.